The minimum absolute atomic E-state index is 0.0135. The molecule has 0 unspecified atom stereocenters. The van der Waals surface area contributed by atoms with Crippen molar-refractivity contribution in [3.05, 3.63) is 60.1 Å². The van der Waals surface area contributed by atoms with Crippen molar-refractivity contribution in [2.24, 2.45) is 0 Å². The highest BCUT2D eigenvalue weighted by atomic mass is 16.5. The number of furan rings is 1. The molecule has 2 heterocycles. The standard InChI is InChI=1S/C23H28N2O4/c26-22-15-24(23(27)19-11-12-28-17-19)13-21(29-16-18-7-3-1-4-8-18)14-25(22)20-9-5-2-6-10-20/h1,3-4,7-8,11-12,17,20-21H,2,5-6,9-10,13-16H2/t21-/m0/s1. The summed E-state index contributed by atoms with van der Waals surface area (Å²) < 4.78 is 11.3. The molecule has 4 rings (SSSR count). The molecular weight excluding hydrogens is 368 g/mol. The van der Waals surface area contributed by atoms with Crippen molar-refractivity contribution in [2.45, 2.75) is 50.9 Å². The maximum Gasteiger partial charge on any atom is 0.257 e. The van der Waals surface area contributed by atoms with Gasteiger partial charge in [0.15, 0.2) is 0 Å². The quantitative estimate of drug-likeness (QED) is 0.776. The van der Waals surface area contributed by atoms with Gasteiger partial charge in [-0.3, -0.25) is 9.59 Å². The van der Waals surface area contributed by atoms with Crippen LogP contribution < -0.4 is 0 Å². The van der Waals surface area contributed by atoms with E-state index in [1.54, 1.807) is 11.0 Å². The zero-order valence-corrected chi connectivity index (χ0v) is 16.7. The number of hydrogen-bond acceptors (Lipinski definition) is 4. The number of amides is 2. The molecule has 0 bridgehead atoms. The van der Waals surface area contributed by atoms with Crippen LogP contribution in [0, 0.1) is 0 Å². The second-order valence-electron chi connectivity index (χ2n) is 7.95. The van der Waals surface area contributed by atoms with Gasteiger partial charge in [-0.25, -0.2) is 0 Å². The summed E-state index contributed by atoms with van der Waals surface area (Å²) in [6, 6.07) is 11.9. The second-order valence-corrected chi connectivity index (χ2v) is 7.95. The van der Waals surface area contributed by atoms with Crippen LogP contribution in [-0.4, -0.2) is 53.4 Å². The van der Waals surface area contributed by atoms with Crippen molar-refractivity contribution >= 4 is 11.8 Å². The first-order valence-electron chi connectivity index (χ1n) is 10.5. The average Bonchev–Trinajstić information content (AvgIpc) is 3.24. The van der Waals surface area contributed by atoms with Crippen LogP contribution in [0.5, 0.6) is 0 Å². The van der Waals surface area contributed by atoms with Crippen LogP contribution >= 0.6 is 0 Å². The molecule has 1 saturated carbocycles. The van der Waals surface area contributed by atoms with Crippen molar-refractivity contribution in [1.29, 1.82) is 0 Å². The Morgan fingerprint density at radius 2 is 1.86 bits per heavy atom. The summed E-state index contributed by atoms with van der Waals surface area (Å²) >= 11 is 0. The normalized spacial score (nSPS) is 21.2. The Morgan fingerprint density at radius 3 is 2.59 bits per heavy atom. The van der Waals surface area contributed by atoms with Crippen LogP contribution in [0.25, 0.3) is 0 Å². The van der Waals surface area contributed by atoms with E-state index in [1.165, 1.54) is 18.9 Å². The van der Waals surface area contributed by atoms with E-state index in [1.807, 2.05) is 35.2 Å². The van der Waals surface area contributed by atoms with Crippen LogP contribution in [0.4, 0.5) is 0 Å². The fraction of sp³-hybridized carbons (Fsp3) is 0.478. The Bertz CT molecular complexity index is 800. The molecule has 1 saturated heterocycles. The lowest BCUT2D eigenvalue weighted by Crippen LogP contribution is -2.46. The Balaban J connectivity index is 1.51. The predicted molar refractivity (Wildman–Crippen MR) is 108 cm³/mol. The van der Waals surface area contributed by atoms with Crippen LogP contribution in [0.1, 0.15) is 48.0 Å². The lowest BCUT2D eigenvalue weighted by atomic mass is 9.94. The van der Waals surface area contributed by atoms with E-state index in [9.17, 15) is 9.59 Å². The maximum atomic E-state index is 13.1. The summed E-state index contributed by atoms with van der Waals surface area (Å²) in [7, 11) is 0. The van der Waals surface area contributed by atoms with Gasteiger partial charge in [-0.15, -0.1) is 0 Å². The Morgan fingerprint density at radius 1 is 1.07 bits per heavy atom. The van der Waals surface area contributed by atoms with Crippen molar-refractivity contribution in [2.75, 3.05) is 19.6 Å². The number of rotatable bonds is 5. The first-order chi connectivity index (χ1) is 14.2. The summed E-state index contributed by atoms with van der Waals surface area (Å²) in [6.45, 7) is 1.48. The van der Waals surface area contributed by atoms with Crippen molar-refractivity contribution in [3.63, 3.8) is 0 Å². The lowest BCUT2D eigenvalue weighted by Gasteiger charge is -2.34. The summed E-state index contributed by atoms with van der Waals surface area (Å²) in [5.41, 5.74) is 1.55. The molecule has 1 aliphatic carbocycles. The third-order valence-corrected chi connectivity index (χ3v) is 5.87. The van der Waals surface area contributed by atoms with E-state index in [0.29, 0.717) is 25.3 Å². The van der Waals surface area contributed by atoms with Crippen LogP contribution in [0.15, 0.2) is 53.3 Å². The summed E-state index contributed by atoms with van der Waals surface area (Å²) in [5.74, 6) is -0.175. The van der Waals surface area contributed by atoms with Crippen molar-refractivity contribution < 1.29 is 18.7 Å². The Hall–Kier alpha value is -2.60. The first kappa shape index (κ1) is 19.7. The van der Waals surface area contributed by atoms with E-state index in [0.717, 1.165) is 31.2 Å². The molecule has 6 nitrogen and oxygen atoms in total. The topological polar surface area (TPSA) is 63.0 Å². The number of carbonyl (C=O) groups is 2. The van der Waals surface area contributed by atoms with Crippen LogP contribution in [0.3, 0.4) is 0 Å². The number of hydrogen-bond donors (Lipinski definition) is 0. The number of nitrogens with zero attached hydrogens (tertiary/aromatic N) is 2. The monoisotopic (exact) mass is 396 g/mol. The van der Waals surface area contributed by atoms with Crippen LogP contribution in [0.2, 0.25) is 0 Å². The van der Waals surface area contributed by atoms with Crippen molar-refractivity contribution in [3.8, 4) is 0 Å². The van der Waals surface area contributed by atoms with Gasteiger partial charge in [0.1, 0.15) is 12.8 Å². The van der Waals surface area contributed by atoms with Gasteiger partial charge in [-0.2, -0.15) is 0 Å². The molecule has 1 aromatic carbocycles. The third kappa shape index (κ3) is 4.88. The third-order valence-electron chi connectivity index (χ3n) is 5.87. The molecule has 2 aromatic rings. The predicted octanol–water partition coefficient (Wildman–Crippen LogP) is 3.48. The molecular formula is C23H28N2O4. The van der Waals surface area contributed by atoms with Gasteiger partial charge in [0.2, 0.25) is 5.91 Å². The number of carbonyl (C=O) groups excluding carboxylic acids is 2. The smallest absolute Gasteiger partial charge is 0.257 e. The molecule has 1 atom stereocenters. The van der Waals surface area contributed by atoms with Gasteiger partial charge in [0.05, 0.1) is 24.5 Å². The van der Waals surface area contributed by atoms with E-state index in [2.05, 4.69) is 0 Å². The zero-order chi connectivity index (χ0) is 20.1. The van der Waals surface area contributed by atoms with E-state index in [4.69, 9.17) is 9.15 Å². The SMILES string of the molecule is O=C(c1ccoc1)N1CC(=O)N(C2CCCCC2)C[C@@H](OCc2ccccc2)C1. The highest BCUT2D eigenvalue weighted by Gasteiger charge is 2.35. The largest absolute Gasteiger partial charge is 0.472 e. The van der Waals surface area contributed by atoms with E-state index in [-0.39, 0.29) is 30.5 Å². The molecule has 29 heavy (non-hydrogen) atoms. The first-order valence-corrected chi connectivity index (χ1v) is 10.5. The molecule has 2 amide bonds. The van der Waals surface area contributed by atoms with Crippen LogP contribution in [-0.2, 0) is 16.1 Å². The maximum absolute atomic E-state index is 13.1. The minimum Gasteiger partial charge on any atom is -0.472 e. The molecule has 0 spiro atoms. The van der Waals surface area contributed by atoms with Gasteiger partial charge in [0, 0.05) is 19.1 Å². The zero-order valence-electron chi connectivity index (χ0n) is 16.7. The van der Waals surface area contributed by atoms with Gasteiger partial charge < -0.3 is 19.0 Å². The van der Waals surface area contributed by atoms with Crippen molar-refractivity contribution in [1.82, 2.24) is 9.80 Å². The molecule has 0 radical (unpaired) electrons. The Labute approximate surface area is 171 Å². The number of ether oxygens (including phenoxy) is 1. The molecule has 6 heteroatoms. The minimum atomic E-state index is -0.223. The fourth-order valence-corrected chi connectivity index (χ4v) is 4.31. The number of benzene rings is 1. The molecule has 2 aliphatic rings. The summed E-state index contributed by atoms with van der Waals surface area (Å²) in [5, 5.41) is 0. The van der Waals surface area contributed by atoms with E-state index >= 15 is 0 Å². The average molecular weight is 396 g/mol. The molecule has 1 aliphatic heterocycles. The van der Waals surface area contributed by atoms with Gasteiger partial charge in [-0.05, 0) is 24.5 Å². The lowest BCUT2D eigenvalue weighted by molar-refractivity contribution is -0.134. The highest BCUT2D eigenvalue weighted by Crippen LogP contribution is 2.25. The molecule has 154 valence electrons. The second kappa shape index (κ2) is 9.27. The van der Waals surface area contributed by atoms with Gasteiger partial charge in [0.25, 0.3) is 5.91 Å². The fourth-order valence-electron chi connectivity index (χ4n) is 4.31. The molecule has 2 fully saturated rings. The Kier molecular flexibility index (Phi) is 6.30. The van der Waals surface area contributed by atoms with Gasteiger partial charge >= 0.3 is 0 Å². The highest BCUT2D eigenvalue weighted by molar-refractivity contribution is 5.96. The van der Waals surface area contributed by atoms with E-state index < -0.39 is 0 Å². The molecule has 0 N–H and O–H groups in total. The summed E-state index contributed by atoms with van der Waals surface area (Å²) in [6.07, 6.45) is 8.29. The van der Waals surface area contributed by atoms with Gasteiger partial charge in [-0.1, -0.05) is 49.6 Å². The molecule has 1 aromatic heterocycles. The summed E-state index contributed by atoms with van der Waals surface area (Å²) in [4.78, 5) is 29.5.